The first-order chi connectivity index (χ1) is 6.09. The molecule has 0 spiro atoms. The standard InChI is InChI=1S/C10H17N3/c1-8(2)10-11-5-9(6-12-10)7-13(3)4/h5-6,8H,7H2,1-4H3. The zero-order valence-corrected chi connectivity index (χ0v) is 8.78. The Morgan fingerprint density at radius 1 is 1.23 bits per heavy atom. The summed E-state index contributed by atoms with van der Waals surface area (Å²) in [7, 11) is 4.08. The zero-order valence-electron chi connectivity index (χ0n) is 8.78. The molecule has 0 aliphatic carbocycles. The van der Waals surface area contributed by atoms with Gasteiger partial charge in [0.25, 0.3) is 0 Å². The first kappa shape index (κ1) is 10.1. The summed E-state index contributed by atoms with van der Waals surface area (Å²) in [6, 6.07) is 0. The van der Waals surface area contributed by atoms with Gasteiger partial charge in [0.1, 0.15) is 5.82 Å². The summed E-state index contributed by atoms with van der Waals surface area (Å²) < 4.78 is 0. The lowest BCUT2D eigenvalue weighted by Crippen LogP contribution is -2.11. The molecule has 0 N–H and O–H groups in total. The van der Waals surface area contributed by atoms with E-state index >= 15 is 0 Å². The molecule has 0 fully saturated rings. The van der Waals surface area contributed by atoms with E-state index in [0.717, 1.165) is 17.9 Å². The Hall–Kier alpha value is -0.960. The van der Waals surface area contributed by atoms with E-state index in [9.17, 15) is 0 Å². The summed E-state index contributed by atoms with van der Waals surface area (Å²) in [4.78, 5) is 10.7. The van der Waals surface area contributed by atoms with Crippen molar-refractivity contribution in [1.29, 1.82) is 0 Å². The Morgan fingerprint density at radius 2 is 1.77 bits per heavy atom. The molecule has 0 bridgehead atoms. The van der Waals surface area contributed by atoms with Gasteiger partial charge < -0.3 is 4.90 Å². The van der Waals surface area contributed by atoms with Crippen LogP contribution in [0.15, 0.2) is 12.4 Å². The maximum Gasteiger partial charge on any atom is 0.130 e. The highest BCUT2D eigenvalue weighted by Gasteiger charge is 2.02. The quantitative estimate of drug-likeness (QED) is 0.706. The molecular weight excluding hydrogens is 162 g/mol. The smallest absolute Gasteiger partial charge is 0.130 e. The van der Waals surface area contributed by atoms with Crippen LogP contribution < -0.4 is 0 Å². The number of aromatic nitrogens is 2. The summed E-state index contributed by atoms with van der Waals surface area (Å²) in [6.07, 6.45) is 3.81. The fourth-order valence-electron chi connectivity index (χ4n) is 1.11. The molecule has 72 valence electrons. The van der Waals surface area contributed by atoms with Gasteiger partial charge >= 0.3 is 0 Å². The van der Waals surface area contributed by atoms with Crippen molar-refractivity contribution < 1.29 is 0 Å². The van der Waals surface area contributed by atoms with E-state index in [0.29, 0.717) is 5.92 Å². The van der Waals surface area contributed by atoms with E-state index in [1.807, 2.05) is 26.5 Å². The van der Waals surface area contributed by atoms with Crippen LogP contribution in [-0.2, 0) is 6.54 Å². The molecule has 1 rings (SSSR count). The van der Waals surface area contributed by atoms with Crippen LogP contribution in [0.5, 0.6) is 0 Å². The molecule has 0 atom stereocenters. The van der Waals surface area contributed by atoms with E-state index in [1.165, 1.54) is 0 Å². The third-order valence-electron chi connectivity index (χ3n) is 1.74. The van der Waals surface area contributed by atoms with Crippen molar-refractivity contribution in [3.05, 3.63) is 23.8 Å². The first-order valence-corrected chi connectivity index (χ1v) is 4.55. The van der Waals surface area contributed by atoms with Gasteiger partial charge in [-0.15, -0.1) is 0 Å². The maximum atomic E-state index is 4.29. The molecule has 0 amide bonds. The van der Waals surface area contributed by atoms with Gasteiger partial charge in [0.15, 0.2) is 0 Å². The zero-order chi connectivity index (χ0) is 9.84. The van der Waals surface area contributed by atoms with Crippen LogP contribution in [0.3, 0.4) is 0 Å². The highest BCUT2D eigenvalue weighted by atomic mass is 15.1. The summed E-state index contributed by atoms with van der Waals surface area (Å²) in [6.45, 7) is 5.10. The second-order valence-electron chi connectivity index (χ2n) is 3.84. The van der Waals surface area contributed by atoms with Crippen LogP contribution >= 0.6 is 0 Å². The van der Waals surface area contributed by atoms with Gasteiger partial charge in [-0.1, -0.05) is 13.8 Å². The number of nitrogens with zero attached hydrogens (tertiary/aromatic N) is 3. The highest BCUT2D eigenvalue weighted by Crippen LogP contribution is 2.08. The van der Waals surface area contributed by atoms with Gasteiger partial charge in [-0.2, -0.15) is 0 Å². The number of hydrogen-bond donors (Lipinski definition) is 0. The van der Waals surface area contributed by atoms with E-state index in [-0.39, 0.29) is 0 Å². The lowest BCUT2D eigenvalue weighted by Gasteiger charge is -2.09. The monoisotopic (exact) mass is 179 g/mol. The summed E-state index contributed by atoms with van der Waals surface area (Å²) in [5.74, 6) is 1.33. The molecule has 0 unspecified atom stereocenters. The Balaban J connectivity index is 2.70. The minimum atomic E-state index is 0.411. The number of hydrogen-bond acceptors (Lipinski definition) is 3. The molecule has 0 aliphatic rings. The SMILES string of the molecule is CC(C)c1ncc(CN(C)C)cn1. The van der Waals surface area contributed by atoms with Crippen LogP contribution in [-0.4, -0.2) is 29.0 Å². The van der Waals surface area contributed by atoms with E-state index in [2.05, 4.69) is 28.7 Å². The molecule has 1 aromatic rings. The van der Waals surface area contributed by atoms with Crippen molar-refractivity contribution in [2.24, 2.45) is 0 Å². The second kappa shape index (κ2) is 4.33. The Morgan fingerprint density at radius 3 is 2.15 bits per heavy atom. The molecule has 1 aromatic heterocycles. The van der Waals surface area contributed by atoms with Crippen LogP contribution in [0.2, 0.25) is 0 Å². The number of rotatable bonds is 3. The molecular formula is C10H17N3. The van der Waals surface area contributed by atoms with Gasteiger partial charge in [-0.25, -0.2) is 9.97 Å². The molecule has 13 heavy (non-hydrogen) atoms. The van der Waals surface area contributed by atoms with Crippen molar-refractivity contribution in [3.63, 3.8) is 0 Å². The van der Waals surface area contributed by atoms with Gasteiger partial charge in [0, 0.05) is 30.4 Å². The molecule has 0 radical (unpaired) electrons. The Kier molecular flexibility index (Phi) is 3.37. The van der Waals surface area contributed by atoms with E-state index in [1.54, 1.807) is 0 Å². The van der Waals surface area contributed by atoms with Crippen LogP contribution in [0.25, 0.3) is 0 Å². The fraction of sp³-hybridized carbons (Fsp3) is 0.600. The first-order valence-electron chi connectivity index (χ1n) is 4.55. The minimum absolute atomic E-state index is 0.411. The van der Waals surface area contributed by atoms with Crippen molar-refractivity contribution in [3.8, 4) is 0 Å². The molecule has 0 saturated heterocycles. The molecule has 0 saturated carbocycles. The molecule has 3 nitrogen and oxygen atoms in total. The molecule has 0 aliphatic heterocycles. The Bertz CT molecular complexity index is 251. The average molecular weight is 179 g/mol. The van der Waals surface area contributed by atoms with Gasteiger partial charge in [-0.05, 0) is 14.1 Å². The maximum absolute atomic E-state index is 4.29. The van der Waals surface area contributed by atoms with Crippen LogP contribution in [0, 0.1) is 0 Å². The van der Waals surface area contributed by atoms with Crippen LogP contribution in [0.1, 0.15) is 31.2 Å². The topological polar surface area (TPSA) is 29.0 Å². The van der Waals surface area contributed by atoms with Gasteiger partial charge in [0.05, 0.1) is 0 Å². The lowest BCUT2D eigenvalue weighted by atomic mass is 10.2. The lowest BCUT2D eigenvalue weighted by molar-refractivity contribution is 0.401. The van der Waals surface area contributed by atoms with Crippen molar-refractivity contribution >= 4 is 0 Å². The second-order valence-corrected chi connectivity index (χ2v) is 3.84. The summed E-state index contributed by atoms with van der Waals surface area (Å²) in [5, 5.41) is 0. The van der Waals surface area contributed by atoms with Crippen LogP contribution in [0.4, 0.5) is 0 Å². The highest BCUT2D eigenvalue weighted by molar-refractivity contribution is 5.06. The summed E-state index contributed by atoms with van der Waals surface area (Å²) >= 11 is 0. The predicted octanol–water partition coefficient (Wildman–Crippen LogP) is 1.66. The normalized spacial score (nSPS) is 11.2. The largest absolute Gasteiger partial charge is 0.305 e. The van der Waals surface area contributed by atoms with Gasteiger partial charge in [0.2, 0.25) is 0 Å². The van der Waals surface area contributed by atoms with E-state index in [4.69, 9.17) is 0 Å². The molecule has 3 heteroatoms. The molecule has 1 heterocycles. The minimum Gasteiger partial charge on any atom is -0.305 e. The molecule has 0 aromatic carbocycles. The van der Waals surface area contributed by atoms with Crippen molar-refractivity contribution in [2.75, 3.05) is 14.1 Å². The fourth-order valence-corrected chi connectivity index (χ4v) is 1.11. The van der Waals surface area contributed by atoms with Crippen molar-refractivity contribution in [1.82, 2.24) is 14.9 Å². The van der Waals surface area contributed by atoms with Crippen molar-refractivity contribution in [2.45, 2.75) is 26.3 Å². The third kappa shape index (κ3) is 3.11. The van der Waals surface area contributed by atoms with E-state index < -0.39 is 0 Å². The third-order valence-corrected chi connectivity index (χ3v) is 1.74. The van der Waals surface area contributed by atoms with Gasteiger partial charge in [-0.3, -0.25) is 0 Å². The summed E-state index contributed by atoms with van der Waals surface area (Å²) in [5.41, 5.74) is 1.16. The Labute approximate surface area is 79.8 Å². The average Bonchev–Trinajstić information content (AvgIpc) is 2.04. The predicted molar refractivity (Wildman–Crippen MR) is 53.5 cm³/mol.